The molecule has 0 radical (unpaired) electrons. The van der Waals surface area contributed by atoms with E-state index in [2.05, 4.69) is 14.4 Å². The first kappa shape index (κ1) is 22.2. The summed E-state index contributed by atoms with van der Waals surface area (Å²) >= 11 is 0. The summed E-state index contributed by atoms with van der Waals surface area (Å²) in [5.74, 6) is -1.89. The number of isocyanates is 2. The van der Waals surface area contributed by atoms with Crippen LogP contribution in [0.3, 0.4) is 0 Å². The molecule has 10 heteroatoms. The smallest absolute Gasteiger partial charge is 0.358 e. The number of aliphatic imine (C=N–C) groups is 2. The van der Waals surface area contributed by atoms with E-state index in [1.807, 2.05) is 0 Å². The summed E-state index contributed by atoms with van der Waals surface area (Å²) in [6, 6.07) is 0. The number of unbranched alkanes of at least 4 members (excludes halogenated alkanes) is 6. The van der Waals surface area contributed by atoms with E-state index < -0.39 is 17.2 Å². The summed E-state index contributed by atoms with van der Waals surface area (Å²) in [6.45, 7) is 1.17. The predicted octanol–water partition coefficient (Wildman–Crippen LogP) is 0.756. The third kappa shape index (κ3) is 8.40. The molecule has 1 aromatic rings. The summed E-state index contributed by atoms with van der Waals surface area (Å²) in [7, 11) is 0. The fourth-order valence-electron chi connectivity index (χ4n) is 2.58. The van der Waals surface area contributed by atoms with Gasteiger partial charge in [0.2, 0.25) is 12.2 Å². The molecular weight excluding hydrogens is 356 g/mol. The average molecular weight is 380 g/mol. The largest absolute Gasteiger partial charge is 0.427 e. The van der Waals surface area contributed by atoms with Crippen LogP contribution in [0.5, 0.6) is 0 Å². The van der Waals surface area contributed by atoms with Crippen LogP contribution < -0.4 is 17.2 Å². The summed E-state index contributed by atoms with van der Waals surface area (Å²) in [5, 5.41) is 0. The Balaban J connectivity index is 2.54. The molecule has 1 aromatic heterocycles. The number of hydrogen-bond acceptors (Lipinski definition) is 8. The van der Waals surface area contributed by atoms with Crippen molar-refractivity contribution < 1.29 is 14.0 Å². The van der Waals surface area contributed by atoms with Crippen molar-refractivity contribution >= 4 is 12.2 Å². The first-order valence-corrected chi connectivity index (χ1v) is 9.04. The second-order valence-electron chi connectivity index (χ2n) is 5.99. The Morgan fingerprint density at radius 1 is 0.667 bits per heavy atom. The van der Waals surface area contributed by atoms with Gasteiger partial charge in [0, 0.05) is 13.1 Å². The molecule has 1 heterocycles. The van der Waals surface area contributed by atoms with Gasteiger partial charge in [-0.05, 0) is 25.7 Å². The van der Waals surface area contributed by atoms with E-state index >= 15 is 0 Å². The molecule has 0 atom stereocenters. The van der Waals surface area contributed by atoms with E-state index in [1.165, 1.54) is 12.2 Å². The lowest BCUT2D eigenvalue weighted by atomic mass is 10.2. The molecule has 148 valence electrons. The van der Waals surface area contributed by atoms with Crippen LogP contribution in [-0.2, 0) is 22.7 Å². The lowest BCUT2D eigenvalue weighted by Crippen LogP contribution is -2.46. The fourth-order valence-corrected chi connectivity index (χ4v) is 2.58. The zero-order chi connectivity index (χ0) is 19.9. The molecule has 0 bridgehead atoms. The summed E-state index contributed by atoms with van der Waals surface area (Å²) in [6.07, 6.45) is 8.66. The second-order valence-corrected chi connectivity index (χ2v) is 5.99. The average Bonchev–Trinajstić information content (AvgIpc) is 2.64. The van der Waals surface area contributed by atoms with Crippen LogP contribution in [0, 0.1) is 0 Å². The Bertz CT molecular complexity index is 775. The molecule has 0 aromatic carbocycles. The fraction of sp³-hybridized carbons (Fsp3) is 0.706. The summed E-state index contributed by atoms with van der Waals surface area (Å²) in [4.78, 5) is 62.7. The van der Waals surface area contributed by atoms with Crippen LogP contribution >= 0.6 is 0 Å². The molecule has 0 saturated carbocycles. The van der Waals surface area contributed by atoms with E-state index in [0.29, 0.717) is 25.9 Å². The topological polar surface area (TPSA) is 133 Å². The molecule has 0 saturated heterocycles. The molecule has 0 amide bonds. The quantitative estimate of drug-likeness (QED) is 0.266. The van der Waals surface area contributed by atoms with Crippen molar-refractivity contribution in [2.45, 2.75) is 64.5 Å². The number of aromatic nitrogens is 2. The maximum atomic E-state index is 12.4. The van der Waals surface area contributed by atoms with Gasteiger partial charge in [-0.2, -0.15) is 0 Å². The van der Waals surface area contributed by atoms with E-state index in [0.717, 1.165) is 47.7 Å². The minimum atomic E-state index is -0.946. The van der Waals surface area contributed by atoms with Crippen LogP contribution in [0.25, 0.3) is 0 Å². The highest BCUT2D eigenvalue weighted by molar-refractivity contribution is 5.32. The van der Waals surface area contributed by atoms with Crippen LogP contribution in [0.2, 0.25) is 0 Å². The first-order valence-electron chi connectivity index (χ1n) is 9.04. The lowest BCUT2D eigenvalue weighted by molar-refractivity contribution is 0.313. The Labute approximate surface area is 155 Å². The van der Waals surface area contributed by atoms with E-state index in [1.54, 1.807) is 0 Å². The maximum absolute atomic E-state index is 12.4. The number of carbonyl (C=O) groups excluding carboxylic acids is 2. The molecule has 0 unspecified atom stereocenters. The van der Waals surface area contributed by atoms with Crippen molar-refractivity contribution in [1.82, 2.24) is 9.13 Å². The van der Waals surface area contributed by atoms with Crippen LogP contribution in [0.4, 0.5) is 0 Å². The van der Waals surface area contributed by atoms with E-state index in [9.17, 15) is 24.0 Å². The SMILES string of the molecule is O=C=NCCCCCCn1c(=O)oc(=O)n(CCCCCCN=C=O)c1=O. The number of nitrogens with zero attached hydrogens (tertiary/aromatic N) is 4. The Morgan fingerprint density at radius 2 is 1.07 bits per heavy atom. The van der Waals surface area contributed by atoms with Gasteiger partial charge >= 0.3 is 17.2 Å². The van der Waals surface area contributed by atoms with Crippen molar-refractivity contribution in [3.8, 4) is 0 Å². The Hall–Kier alpha value is -2.83. The second kappa shape index (κ2) is 13.4. The van der Waals surface area contributed by atoms with Crippen LogP contribution in [0.1, 0.15) is 51.4 Å². The van der Waals surface area contributed by atoms with Gasteiger partial charge in [0.05, 0.1) is 13.1 Å². The highest BCUT2D eigenvalue weighted by Crippen LogP contribution is 2.02. The summed E-state index contributed by atoms with van der Waals surface area (Å²) < 4.78 is 6.51. The molecular formula is C17H24N4O6. The molecule has 0 N–H and O–H groups in total. The molecule has 27 heavy (non-hydrogen) atoms. The van der Waals surface area contributed by atoms with E-state index in [4.69, 9.17) is 0 Å². The van der Waals surface area contributed by atoms with E-state index in [-0.39, 0.29) is 13.1 Å². The lowest BCUT2D eigenvalue weighted by Gasteiger charge is -2.07. The molecule has 0 aliphatic rings. The minimum Gasteiger partial charge on any atom is -0.358 e. The minimum absolute atomic E-state index is 0.169. The normalized spacial score (nSPS) is 10.2. The van der Waals surface area contributed by atoms with Gasteiger partial charge in [-0.25, -0.2) is 43.1 Å². The van der Waals surface area contributed by atoms with Gasteiger partial charge < -0.3 is 4.42 Å². The molecule has 0 aliphatic heterocycles. The van der Waals surface area contributed by atoms with Crippen molar-refractivity contribution in [2.75, 3.05) is 13.1 Å². The summed E-state index contributed by atoms with van der Waals surface area (Å²) in [5.41, 5.74) is -0.660. The molecule has 0 spiro atoms. The van der Waals surface area contributed by atoms with Gasteiger partial charge in [-0.3, -0.25) is 0 Å². The third-order valence-corrected chi connectivity index (χ3v) is 4.01. The molecule has 0 aliphatic carbocycles. The van der Waals surface area contributed by atoms with Gasteiger partial charge in [-0.15, -0.1) is 0 Å². The Morgan fingerprint density at radius 3 is 1.48 bits per heavy atom. The molecule has 10 nitrogen and oxygen atoms in total. The maximum Gasteiger partial charge on any atom is 0.427 e. The van der Waals surface area contributed by atoms with Gasteiger partial charge in [0.25, 0.3) is 0 Å². The first-order chi connectivity index (χ1) is 13.1. The Kier molecular flexibility index (Phi) is 11.0. The van der Waals surface area contributed by atoms with Crippen molar-refractivity contribution in [3.05, 3.63) is 31.6 Å². The van der Waals surface area contributed by atoms with Crippen LogP contribution in [-0.4, -0.2) is 34.4 Å². The number of rotatable bonds is 14. The highest BCUT2D eigenvalue weighted by Gasteiger charge is 2.11. The van der Waals surface area contributed by atoms with Crippen molar-refractivity contribution in [3.63, 3.8) is 0 Å². The number of hydrogen-bond donors (Lipinski definition) is 0. The van der Waals surface area contributed by atoms with Crippen LogP contribution in [0.15, 0.2) is 28.8 Å². The third-order valence-electron chi connectivity index (χ3n) is 4.01. The van der Waals surface area contributed by atoms with Gasteiger partial charge in [0.1, 0.15) is 0 Å². The van der Waals surface area contributed by atoms with Crippen molar-refractivity contribution in [2.24, 2.45) is 9.98 Å². The zero-order valence-electron chi connectivity index (χ0n) is 15.2. The standard InChI is InChI=1S/C17H24N4O6/c22-13-18-9-5-1-3-7-11-20-15(24)21(17(26)27-16(20)25)12-8-4-2-6-10-19-14-23/h1-12H2. The molecule has 0 fully saturated rings. The molecule has 1 rings (SSSR count). The van der Waals surface area contributed by atoms with Gasteiger partial charge in [0.15, 0.2) is 0 Å². The monoisotopic (exact) mass is 380 g/mol. The zero-order valence-corrected chi connectivity index (χ0v) is 15.2. The highest BCUT2D eigenvalue weighted by atomic mass is 16.5. The predicted molar refractivity (Wildman–Crippen MR) is 96.4 cm³/mol. The van der Waals surface area contributed by atoms with Crippen molar-refractivity contribution in [1.29, 1.82) is 0 Å². The van der Waals surface area contributed by atoms with Gasteiger partial charge in [-0.1, -0.05) is 25.7 Å².